The van der Waals surface area contributed by atoms with Gasteiger partial charge < -0.3 is 10.1 Å². The molecule has 0 fully saturated rings. The molecule has 0 atom stereocenters. The number of benzene rings is 2. The van der Waals surface area contributed by atoms with Crippen LogP contribution in [-0.4, -0.2) is 31.1 Å². The molecule has 2 aromatic rings. The Balaban J connectivity index is 1.91. The average molecular weight is 360 g/mol. The summed E-state index contributed by atoms with van der Waals surface area (Å²) in [7, 11) is 1.27. The molecule has 25 heavy (non-hydrogen) atoms. The van der Waals surface area contributed by atoms with Gasteiger partial charge in [-0.2, -0.15) is 5.10 Å². The maximum absolute atomic E-state index is 11.8. The van der Waals surface area contributed by atoms with E-state index in [9.17, 15) is 14.4 Å². The third-order valence-electron chi connectivity index (χ3n) is 3.05. The van der Waals surface area contributed by atoms with Crippen LogP contribution in [0.1, 0.15) is 15.9 Å². The molecule has 128 valence electrons. The monoisotopic (exact) mass is 359 g/mol. The number of esters is 1. The number of carbonyl (C=O) groups excluding carboxylic acids is 3. The van der Waals surface area contributed by atoms with E-state index < -0.39 is 17.8 Å². The first-order chi connectivity index (χ1) is 12.0. The number of rotatable bonds is 4. The number of amides is 2. The van der Waals surface area contributed by atoms with Crippen LogP contribution in [0.4, 0.5) is 5.69 Å². The summed E-state index contributed by atoms with van der Waals surface area (Å²) in [5.74, 6) is -2.34. The summed E-state index contributed by atoms with van der Waals surface area (Å²) in [6.07, 6.45) is 1.33. The molecule has 0 saturated heterocycles. The van der Waals surface area contributed by atoms with Crippen molar-refractivity contribution in [1.29, 1.82) is 0 Å². The number of hydrazone groups is 1. The van der Waals surface area contributed by atoms with Crippen molar-refractivity contribution in [1.82, 2.24) is 5.43 Å². The zero-order chi connectivity index (χ0) is 18.2. The minimum atomic E-state index is -0.944. The summed E-state index contributed by atoms with van der Waals surface area (Å²) in [6.45, 7) is 0. The largest absolute Gasteiger partial charge is 0.465 e. The highest BCUT2D eigenvalue weighted by Crippen LogP contribution is 2.12. The molecule has 0 heterocycles. The molecular weight excluding hydrogens is 346 g/mol. The second-order valence-corrected chi connectivity index (χ2v) is 5.15. The fraction of sp³-hybridized carbons (Fsp3) is 0.0588. The van der Waals surface area contributed by atoms with E-state index in [1.165, 1.54) is 37.6 Å². The lowest BCUT2D eigenvalue weighted by atomic mass is 10.2. The van der Waals surface area contributed by atoms with Gasteiger partial charge in [-0.25, -0.2) is 10.2 Å². The SMILES string of the molecule is COC(=O)c1ccc(NC(=O)C(=O)N/N=C\c2ccccc2Cl)cc1. The Hall–Kier alpha value is -3.19. The lowest BCUT2D eigenvalue weighted by Gasteiger charge is -2.05. The molecule has 2 rings (SSSR count). The van der Waals surface area contributed by atoms with Crippen molar-refractivity contribution < 1.29 is 19.1 Å². The first-order valence-electron chi connectivity index (χ1n) is 7.08. The number of hydrogen-bond donors (Lipinski definition) is 2. The Morgan fingerprint density at radius 3 is 2.36 bits per heavy atom. The van der Waals surface area contributed by atoms with Gasteiger partial charge in [0.2, 0.25) is 0 Å². The van der Waals surface area contributed by atoms with E-state index in [0.717, 1.165) is 0 Å². The second kappa shape index (κ2) is 8.60. The number of anilines is 1. The minimum absolute atomic E-state index is 0.328. The van der Waals surface area contributed by atoms with Crippen molar-refractivity contribution in [3.05, 3.63) is 64.7 Å². The van der Waals surface area contributed by atoms with Gasteiger partial charge in [0.05, 0.1) is 18.9 Å². The van der Waals surface area contributed by atoms with Crippen LogP contribution in [0.5, 0.6) is 0 Å². The molecule has 7 nitrogen and oxygen atoms in total. The van der Waals surface area contributed by atoms with Crippen LogP contribution in [0.3, 0.4) is 0 Å². The molecule has 0 aliphatic heterocycles. The summed E-state index contributed by atoms with van der Waals surface area (Å²) in [5, 5.41) is 6.53. The highest BCUT2D eigenvalue weighted by Gasteiger charge is 2.13. The van der Waals surface area contributed by atoms with Crippen molar-refractivity contribution in [2.24, 2.45) is 5.10 Å². The second-order valence-electron chi connectivity index (χ2n) is 4.74. The number of methoxy groups -OCH3 is 1. The first kappa shape index (κ1) is 18.2. The van der Waals surface area contributed by atoms with Crippen LogP contribution in [0.25, 0.3) is 0 Å². The summed E-state index contributed by atoms with van der Waals surface area (Å²) >= 11 is 5.94. The van der Waals surface area contributed by atoms with Gasteiger partial charge in [0.1, 0.15) is 0 Å². The Morgan fingerprint density at radius 2 is 1.72 bits per heavy atom. The van der Waals surface area contributed by atoms with Gasteiger partial charge in [-0.15, -0.1) is 0 Å². The fourth-order valence-corrected chi connectivity index (χ4v) is 1.97. The number of carbonyl (C=O) groups is 3. The van der Waals surface area contributed by atoms with Crippen LogP contribution in [0.2, 0.25) is 5.02 Å². The van der Waals surface area contributed by atoms with Crippen molar-refractivity contribution in [3.8, 4) is 0 Å². The van der Waals surface area contributed by atoms with Crippen LogP contribution in [-0.2, 0) is 14.3 Å². The van der Waals surface area contributed by atoms with E-state index in [1.807, 2.05) is 0 Å². The Morgan fingerprint density at radius 1 is 1.04 bits per heavy atom. The molecule has 0 radical (unpaired) electrons. The van der Waals surface area contributed by atoms with Crippen LogP contribution >= 0.6 is 11.6 Å². The molecule has 2 aromatic carbocycles. The van der Waals surface area contributed by atoms with Crippen LogP contribution < -0.4 is 10.7 Å². The molecule has 0 unspecified atom stereocenters. The van der Waals surface area contributed by atoms with E-state index in [4.69, 9.17) is 11.6 Å². The van der Waals surface area contributed by atoms with E-state index in [1.54, 1.807) is 24.3 Å². The number of nitrogens with zero attached hydrogens (tertiary/aromatic N) is 1. The van der Waals surface area contributed by atoms with Crippen molar-refractivity contribution in [3.63, 3.8) is 0 Å². The quantitative estimate of drug-likeness (QED) is 0.378. The third kappa shape index (κ3) is 5.15. The normalized spacial score (nSPS) is 10.3. The van der Waals surface area contributed by atoms with Gasteiger partial charge >= 0.3 is 17.8 Å². The van der Waals surface area contributed by atoms with Crippen molar-refractivity contribution in [2.75, 3.05) is 12.4 Å². The van der Waals surface area contributed by atoms with Crippen molar-refractivity contribution in [2.45, 2.75) is 0 Å². The molecule has 2 N–H and O–H groups in total. The Kier molecular flexibility index (Phi) is 6.25. The molecule has 0 bridgehead atoms. The zero-order valence-corrected chi connectivity index (χ0v) is 13.9. The topological polar surface area (TPSA) is 96.9 Å². The van der Waals surface area contributed by atoms with E-state index in [0.29, 0.717) is 21.8 Å². The predicted molar refractivity (Wildman–Crippen MR) is 93.6 cm³/mol. The maximum atomic E-state index is 11.8. The molecule has 0 saturated carbocycles. The number of halogens is 1. The zero-order valence-electron chi connectivity index (χ0n) is 13.2. The van der Waals surface area contributed by atoms with Gasteiger partial charge in [0, 0.05) is 16.3 Å². The van der Waals surface area contributed by atoms with E-state index in [2.05, 4.69) is 20.6 Å². The highest BCUT2D eigenvalue weighted by atomic mass is 35.5. The smallest absolute Gasteiger partial charge is 0.337 e. The van der Waals surface area contributed by atoms with Crippen LogP contribution in [0, 0.1) is 0 Å². The standard InChI is InChI=1S/C17H14ClN3O4/c1-25-17(24)11-6-8-13(9-7-11)20-15(22)16(23)21-19-10-12-4-2-3-5-14(12)18/h2-10H,1H3,(H,20,22)(H,21,23)/b19-10-. The lowest BCUT2D eigenvalue weighted by Crippen LogP contribution is -2.32. The van der Waals surface area contributed by atoms with Gasteiger partial charge in [0.25, 0.3) is 0 Å². The number of hydrogen-bond acceptors (Lipinski definition) is 5. The highest BCUT2D eigenvalue weighted by molar-refractivity contribution is 6.39. The summed E-state index contributed by atoms with van der Waals surface area (Å²) in [6, 6.07) is 12.8. The van der Waals surface area contributed by atoms with E-state index in [-0.39, 0.29) is 0 Å². The summed E-state index contributed by atoms with van der Waals surface area (Å²) in [4.78, 5) is 34.8. The predicted octanol–water partition coefficient (Wildman–Crippen LogP) is 2.22. The van der Waals surface area contributed by atoms with Gasteiger partial charge in [0.15, 0.2) is 0 Å². The molecule has 0 aliphatic carbocycles. The molecule has 0 spiro atoms. The van der Waals surface area contributed by atoms with Crippen LogP contribution in [0.15, 0.2) is 53.6 Å². The average Bonchev–Trinajstić information content (AvgIpc) is 2.63. The van der Waals surface area contributed by atoms with Gasteiger partial charge in [-0.3, -0.25) is 9.59 Å². The molecule has 8 heteroatoms. The maximum Gasteiger partial charge on any atom is 0.337 e. The first-order valence-corrected chi connectivity index (χ1v) is 7.46. The number of nitrogens with one attached hydrogen (secondary N) is 2. The lowest BCUT2D eigenvalue weighted by molar-refractivity contribution is -0.136. The molecule has 2 amide bonds. The van der Waals surface area contributed by atoms with Gasteiger partial charge in [-0.05, 0) is 30.3 Å². The molecule has 0 aromatic heterocycles. The Labute approximate surface area is 148 Å². The minimum Gasteiger partial charge on any atom is -0.465 e. The third-order valence-corrected chi connectivity index (χ3v) is 3.39. The summed E-state index contributed by atoms with van der Waals surface area (Å²) in [5.41, 5.74) is 3.38. The van der Waals surface area contributed by atoms with Crippen molar-refractivity contribution >= 4 is 41.3 Å². The number of ether oxygens (including phenoxy) is 1. The molecule has 0 aliphatic rings. The summed E-state index contributed by atoms with van der Waals surface area (Å²) < 4.78 is 4.57. The van der Waals surface area contributed by atoms with E-state index >= 15 is 0 Å². The Bertz CT molecular complexity index is 819. The van der Waals surface area contributed by atoms with Gasteiger partial charge in [-0.1, -0.05) is 29.8 Å². The molecular formula is C17H14ClN3O4. The fourth-order valence-electron chi connectivity index (χ4n) is 1.79.